The molecule has 4 aromatic carbocycles. The van der Waals surface area contributed by atoms with Crippen molar-refractivity contribution in [3.05, 3.63) is 83.2 Å². The van der Waals surface area contributed by atoms with E-state index in [0.717, 1.165) is 32.7 Å². The summed E-state index contributed by atoms with van der Waals surface area (Å²) in [5.74, 6) is 0. The molecule has 1 fully saturated rings. The largest absolute Gasteiger partial charge is 0.424 e. The maximum absolute atomic E-state index is 13.1. The first-order valence-corrected chi connectivity index (χ1v) is 10.5. The van der Waals surface area contributed by atoms with Crippen LogP contribution in [0.15, 0.2) is 82.0 Å². The standard InChI is InChI=1S/C26H20N2O3/c29-25-23-16-22(19-11-5-7-17-6-1-2-8-18(17)19)20-9-3-4-10-21(20)24(23)31-26(27-25)28-12-14-30-15-13-28/h1-11,16H,12-15H2. The summed E-state index contributed by atoms with van der Waals surface area (Å²) in [6, 6.07) is 24.9. The summed E-state index contributed by atoms with van der Waals surface area (Å²) in [6.07, 6.45) is 0. The van der Waals surface area contributed by atoms with Crippen LogP contribution in [0.1, 0.15) is 0 Å². The van der Waals surface area contributed by atoms with Gasteiger partial charge in [0.1, 0.15) is 0 Å². The second kappa shape index (κ2) is 7.22. The molecule has 0 spiro atoms. The second-order valence-electron chi connectivity index (χ2n) is 7.77. The zero-order chi connectivity index (χ0) is 20.8. The molecule has 6 rings (SSSR count). The molecule has 0 saturated carbocycles. The highest BCUT2D eigenvalue weighted by molar-refractivity contribution is 6.14. The van der Waals surface area contributed by atoms with Gasteiger partial charge in [-0.1, -0.05) is 66.7 Å². The van der Waals surface area contributed by atoms with Gasteiger partial charge < -0.3 is 14.1 Å². The van der Waals surface area contributed by atoms with Crippen LogP contribution >= 0.6 is 0 Å². The molecule has 0 atom stereocenters. The van der Waals surface area contributed by atoms with E-state index in [1.807, 2.05) is 41.3 Å². The van der Waals surface area contributed by atoms with Crippen molar-refractivity contribution in [3.8, 4) is 11.1 Å². The number of rotatable bonds is 2. The predicted octanol–water partition coefficient (Wildman–Crippen LogP) is 5.00. The lowest BCUT2D eigenvalue weighted by Crippen LogP contribution is -2.37. The maximum atomic E-state index is 13.1. The minimum Gasteiger partial charge on any atom is -0.424 e. The molecular weight excluding hydrogens is 388 g/mol. The van der Waals surface area contributed by atoms with Gasteiger partial charge in [-0.05, 0) is 33.4 Å². The van der Waals surface area contributed by atoms with Crippen molar-refractivity contribution in [1.82, 2.24) is 4.98 Å². The molecule has 5 heteroatoms. The van der Waals surface area contributed by atoms with Crippen molar-refractivity contribution in [1.29, 1.82) is 0 Å². The molecule has 31 heavy (non-hydrogen) atoms. The van der Waals surface area contributed by atoms with Gasteiger partial charge in [0.05, 0.1) is 18.6 Å². The lowest BCUT2D eigenvalue weighted by atomic mass is 9.92. The SMILES string of the molecule is O=c1nc(N2CCOCC2)oc2c1cc(-c1cccc3ccccc13)c1ccccc12. The van der Waals surface area contributed by atoms with Crippen LogP contribution in [0.2, 0.25) is 0 Å². The van der Waals surface area contributed by atoms with E-state index in [2.05, 4.69) is 41.4 Å². The highest BCUT2D eigenvalue weighted by atomic mass is 16.5. The van der Waals surface area contributed by atoms with Crippen molar-refractivity contribution in [3.63, 3.8) is 0 Å². The molecular formula is C26H20N2O3. The van der Waals surface area contributed by atoms with Crippen LogP contribution in [0.3, 0.4) is 0 Å². The number of aromatic nitrogens is 1. The molecule has 0 N–H and O–H groups in total. The number of fused-ring (bicyclic) bond motifs is 4. The Labute approximate surface area is 178 Å². The summed E-state index contributed by atoms with van der Waals surface area (Å²) >= 11 is 0. The van der Waals surface area contributed by atoms with E-state index >= 15 is 0 Å². The molecule has 5 aromatic rings. The van der Waals surface area contributed by atoms with Crippen molar-refractivity contribution >= 4 is 38.5 Å². The van der Waals surface area contributed by atoms with Crippen LogP contribution in [0.25, 0.3) is 43.6 Å². The first-order chi connectivity index (χ1) is 15.3. The van der Waals surface area contributed by atoms with E-state index < -0.39 is 0 Å². The van der Waals surface area contributed by atoms with Crippen molar-refractivity contribution in [2.75, 3.05) is 31.2 Å². The Morgan fingerprint density at radius 2 is 1.45 bits per heavy atom. The molecule has 0 unspecified atom stereocenters. The number of benzene rings is 4. The number of morpholine rings is 1. The number of anilines is 1. The topological polar surface area (TPSA) is 55.6 Å². The van der Waals surface area contributed by atoms with Gasteiger partial charge in [0, 0.05) is 18.5 Å². The lowest BCUT2D eigenvalue weighted by Gasteiger charge is -2.26. The summed E-state index contributed by atoms with van der Waals surface area (Å²) in [5.41, 5.74) is 2.41. The maximum Gasteiger partial charge on any atom is 0.301 e. The first-order valence-electron chi connectivity index (χ1n) is 10.5. The van der Waals surface area contributed by atoms with Crippen LogP contribution < -0.4 is 10.5 Å². The van der Waals surface area contributed by atoms with E-state index in [1.54, 1.807) is 0 Å². The first kappa shape index (κ1) is 18.1. The Hall–Kier alpha value is -3.70. The normalized spacial score (nSPS) is 14.5. The van der Waals surface area contributed by atoms with Crippen LogP contribution in [-0.4, -0.2) is 31.3 Å². The summed E-state index contributed by atoms with van der Waals surface area (Å²) in [6.45, 7) is 2.52. The molecule has 152 valence electrons. The molecule has 0 radical (unpaired) electrons. The summed E-state index contributed by atoms with van der Waals surface area (Å²) in [7, 11) is 0. The van der Waals surface area contributed by atoms with Gasteiger partial charge in [0.15, 0.2) is 5.58 Å². The Kier molecular flexibility index (Phi) is 4.21. The van der Waals surface area contributed by atoms with Gasteiger partial charge in [0.2, 0.25) is 0 Å². The van der Waals surface area contributed by atoms with E-state index in [4.69, 9.17) is 9.15 Å². The number of hydrogen-bond donors (Lipinski definition) is 0. The summed E-state index contributed by atoms with van der Waals surface area (Å²) in [4.78, 5) is 19.4. The monoisotopic (exact) mass is 408 g/mol. The third-order valence-corrected chi connectivity index (χ3v) is 5.98. The fraction of sp³-hybridized carbons (Fsp3) is 0.154. The van der Waals surface area contributed by atoms with Gasteiger partial charge in [-0.3, -0.25) is 4.79 Å². The van der Waals surface area contributed by atoms with Crippen molar-refractivity contribution < 1.29 is 9.15 Å². The predicted molar refractivity (Wildman–Crippen MR) is 124 cm³/mol. The quantitative estimate of drug-likeness (QED) is 0.385. The highest BCUT2D eigenvalue weighted by Crippen LogP contribution is 2.37. The Morgan fingerprint density at radius 3 is 2.29 bits per heavy atom. The van der Waals surface area contributed by atoms with Gasteiger partial charge in [0.25, 0.3) is 5.56 Å². The Morgan fingerprint density at radius 1 is 0.742 bits per heavy atom. The molecule has 0 aliphatic carbocycles. The zero-order valence-corrected chi connectivity index (χ0v) is 16.9. The van der Waals surface area contributed by atoms with Crippen molar-refractivity contribution in [2.24, 2.45) is 0 Å². The Balaban J connectivity index is 1.67. The number of ether oxygens (including phenoxy) is 1. The van der Waals surface area contributed by atoms with Gasteiger partial charge in [-0.15, -0.1) is 0 Å². The Bertz CT molecular complexity index is 1490. The van der Waals surface area contributed by atoms with Crippen LogP contribution in [-0.2, 0) is 4.74 Å². The van der Waals surface area contributed by atoms with Crippen LogP contribution in [0, 0.1) is 0 Å². The van der Waals surface area contributed by atoms with Crippen molar-refractivity contribution in [2.45, 2.75) is 0 Å². The third-order valence-electron chi connectivity index (χ3n) is 5.98. The van der Waals surface area contributed by atoms with Gasteiger partial charge in [-0.25, -0.2) is 0 Å². The molecule has 1 aromatic heterocycles. The lowest BCUT2D eigenvalue weighted by molar-refractivity contribution is 0.120. The second-order valence-corrected chi connectivity index (χ2v) is 7.77. The summed E-state index contributed by atoms with van der Waals surface area (Å²) in [5, 5.41) is 4.78. The molecule has 1 aliphatic heterocycles. The smallest absolute Gasteiger partial charge is 0.301 e. The molecule has 0 amide bonds. The highest BCUT2D eigenvalue weighted by Gasteiger charge is 2.20. The fourth-order valence-corrected chi connectivity index (χ4v) is 4.45. The van der Waals surface area contributed by atoms with Gasteiger partial charge in [-0.2, -0.15) is 4.98 Å². The average molecular weight is 408 g/mol. The van der Waals surface area contributed by atoms with Crippen LogP contribution in [0.4, 0.5) is 6.01 Å². The van der Waals surface area contributed by atoms with Crippen LogP contribution in [0.5, 0.6) is 0 Å². The van der Waals surface area contributed by atoms with E-state index in [9.17, 15) is 4.79 Å². The zero-order valence-electron chi connectivity index (χ0n) is 16.9. The molecule has 0 bridgehead atoms. The average Bonchev–Trinajstić information content (AvgIpc) is 2.84. The molecule has 5 nitrogen and oxygen atoms in total. The number of nitrogens with zero attached hydrogens (tertiary/aromatic N) is 2. The summed E-state index contributed by atoms with van der Waals surface area (Å²) < 4.78 is 11.7. The molecule has 1 saturated heterocycles. The minimum atomic E-state index is -0.269. The van der Waals surface area contributed by atoms with E-state index in [1.165, 1.54) is 0 Å². The fourth-order valence-electron chi connectivity index (χ4n) is 4.45. The van der Waals surface area contributed by atoms with Gasteiger partial charge >= 0.3 is 6.01 Å². The number of hydrogen-bond acceptors (Lipinski definition) is 5. The van der Waals surface area contributed by atoms with E-state index in [0.29, 0.717) is 43.3 Å². The van der Waals surface area contributed by atoms with E-state index in [-0.39, 0.29) is 5.56 Å². The third kappa shape index (κ3) is 2.97. The molecule has 2 heterocycles. The molecule has 1 aliphatic rings. The minimum absolute atomic E-state index is 0.269.